The standard InChI is InChI=1S/C14H21BrN2S/c1-11-8-13(16-9-12(11)15)17-10-14(18-2)6-4-3-5-7-14/h8-9H,3-7,10H2,1-2H3,(H,16,17). The third kappa shape index (κ3) is 3.41. The van der Waals surface area contributed by atoms with Crippen LogP contribution in [0.2, 0.25) is 0 Å². The van der Waals surface area contributed by atoms with Gasteiger partial charge in [-0.1, -0.05) is 19.3 Å². The molecule has 0 bridgehead atoms. The smallest absolute Gasteiger partial charge is 0.126 e. The van der Waals surface area contributed by atoms with E-state index in [0.717, 1.165) is 16.8 Å². The Kier molecular flexibility index (Phi) is 4.96. The molecule has 100 valence electrons. The molecule has 0 radical (unpaired) electrons. The fourth-order valence-electron chi connectivity index (χ4n) is 2.54. The van der Waals surface area contributed by atoms with E-state index < -0.39 is 0 Å². The van der Waals surface area contributed by atoms with E-state index >= 15 is 0 Å². The second-order valence-electron chi connectivity index (χ2n) is 5.12. The average molecular weight is 329 g/mol. The van der Waals surface area contributed by atoms with Gasteiger partial charge >= 0.3 is 0 Å². The van der Waals surface area contributed by atoms with Gasteiger partial charge in [-0.25, -0.2) is 4.98 Å². The molecule has 4 heteroatoms. The first-order chi connectivity index (χ1) is 8.65. The van der Waals surface area contributed by atoms with Crippen LogP contribution < -0.4 is 5.32 Å². The van der Waals surface area contributed by atoms with Gasteiger partial charge in [-0.05, 0) is 53.6 Å². The summed E-state index contributed by atoms with van der Waals surface area (Å²) in [5, 5.41) is 3.52. The van der Waals surface area contributed by atoms with Crippen LogP contribution in [0.4, 0.5) is 5.82 Å². The van der Waals surface area contributed by atoms with E-state index in [1.165, 1.54) is 37.7 Å². The van der Waals surface area contributed by atoms with E-state index in [0.29, 0.717) is 4.75 Å². The highest BCUT2D eigenvalue weighted by molar-refractivity contribution is 9.10. The molecule has 0 aromatic carbocycles. The lowest BCUT2D eigenvalue weighted by Gasteiger charge is -2.36. The summed E-state index contributed by atoms with van der Waals surface area (Å²) in [4.78, 5) is 4.42. The number of hydrogen-bond donors (Lipinski definition) is 1. The molecule has 18 heavy (non-hydrogen) atoms. The Labute approximate surface area is 122 Å². The van der Waals surface area contributed by atoms with Gasteiger partial charge in [-0.3, -0.25) is 0 Å². The maximum Gasteiger partial charge on any atom is 0.126 e. The van der Waals surface area contributed by atoms with Crippen LogP contribution in [-0.2, 0) is 0 Å². The van der Waals surface area contributed by atoms with Crippen molar-refractivity contribution in [3.8, 4) is 0 Å². The zero-order valence-corrected chi connectivity index (χ0v) is 13.5. The zero-order chi connectivity index (χ0) is 13.0. The maximum atomic E-state index is 4.42. The number of aryl methyl sites for hydroxylation is 1. The largest absolute Gasteiger partial charge is 0.369 e. The molecule has 2 rings (SSSR count). The number of nitrogens with zero attached hydrogens (tertiary/aromatic N) is 1. The minimum absolute atomic E-state index is 0.418. The summed E-state index contributed by atoms with van der Waals surface area (Å²) in [6.07, 6.45) is 10.9. The molecular formula is C14H21BrN2S. The van der Waals surface area contributed by atoms with Crippen LogP contribution in [0.3, 0.4) is 0 Å². The number of hydrogen-bond acceptors (Lipinski definition) is 3. The van der Waals surface area contributed by atoms with E-state index in [4.69, 9.17) is 0 Å². The Morgan fingerprint density at radius 2 is 2.11 bits per heavy atom. The highest BCUT2D eigenvalue weighted by Gasteiger charge is 2.30. The highest BCUT2D eigenvalue weighted by Crippen LogP contribution is 2.38. The number of thioether (sulfide) groups is 1. The van der Waals surface area contributed by atoms with Crippen LogP contribution in [0.15, 0.2) is 16.7 Å². The van der Waals surface area contributed by atoms with E-state index in [9.17, 15) is 0 Å². The number of nitrogens with one attached hydrogen (secondary N) is 1. The number of halogens is 1. The molecule has 0 amide bonds. The van der Waals surface area contributed by atoms with Crippen molar-refractivity contribution in [1.82, 2.24) is 4.98 Å². The topological polar surface area (TPSA) is 24.9 Å². The van der Waals surface area contributed by atoms with Crippen molar-refractivity contribution >= 4 is 33.5 Å². The summed E-state index contributed by atoms with van der Waals surface area (Å²) in [5.74, 6) is 0.995. The molecule has 0 unspecified atom stereocenters. The predicted octanol–water partition coefficient (Wildman–Crippen LogP) is 4.63. The lowest BCUT2D eigenvalue weighted by Crippen LogP contribution is -2.35. The van der Waals surface area contributed by atoms with Crippen LogP contribution in [0.1, 0.15) is 37.7 Å². The summed E-state index contributed by atoms with van der Waals surface area (Å²) in [6, 6.07) is 2.11. The van der Waals surface area contributed by atoms with Gasteiger partial charge in [-0.15, -0.1) is 0 Å². The first-order valence-corrected chi connectivity index (χ1v) is 8.58. The van der Waals surface area contributed by atoms with Gasteiger partial charge in [-0.2, -0.15) is 11.8 Å². The van der Waals surface area contributed by atoms with Gasteiger partial charge < -0.3 is 5.32 Å². The molecule has 0 aliphatic heterocycles. The zero-order valence-electron chi connectivity index (χ0n) is 11.1. The number of rotatable bonds is 4. The Balaban J connectivity index is 1.98. The first kappa shape index (κ1) is 14.2. The molecule has 1 N–H and O–H groups in total. The number of pyridine rings is 1. The fourth-order valence-corrected chi connectivity index (χ4v) is 3.67. The maximum absolute atomic E-state index is 4.42. The van der Waals surface area contributed by atoms with Crippen LogP contribution in [0.5, 0.6) is 0 Å². The van der Waals surface area contributed by atoms with Gasteiger partial charge in [0.1, 0.15) is 5.82 Å². The summed E-state index contributed by atoms with van der Waals surface area (Å²) in [7, 11) is 0. The second kappa shape index (κ2) is 6.29. The lowest BCUT2D eigenvalue weighted by molar-refractivity contribution is 0.411. The van der Waals surface area contributed by atoms with Crippen LogP contribution in [-0.4, -0.2) is 22.5 Å². The van der Waals surface area contributed by atoms with Gasteiger partial charge in [0.15, 0.2) is 0 Å². The summed E-state index contributed by atoms with van der Waals surface area (Å²) in [5.41, 5.74) is 1.23. The van der Waals surface area contributed by atoms with Gasteiger partial charge in [0.05, 0.1) is 0 Å². The van der Waals surface area contributed by atoms with Crippen LogP contribution >= 0.6 is 27.7 Å². The third-order valence-electron chi connectivity index (χ3n) is 3.84. The molecule has 0 saturated heterocycles. The molecule has 0 atom stereocenters. The Bertz CT molecular complexity index is 403. The van der Waals surface area contributed by atoms with Crippen molar-refractivity contribution in [3.63, 3.8) is 0 Å². The molecule has 1 heterocycles. The molecule has 0 spiro atoms. The van der Waals surface area contributed by atoms with Gasteiger partial charge in [0.2, 0.25) is 0 Å². The number of aromatic nitrogens is 1. The monoisotopic (exact) mass is 328 g/mol. The highest BCUT2D eigenvalue weighted by atomic mass is 79.9. The second-order valence-corrected chi connectivity index (χ2v) is 7.25. The van der Waals surface area contributed by atoms with Crippen molar-refractivity contribution in [2.24, 2.45) is 0 Å². The van der Waals surface area contributed by atoms with Gasteiger partial charge in [0.25, 0.3) is 0 Å². The Hall–Kier alpha value is -0.220. The Morgan fingerprint density at radius 1 is 1.39 bits per heavy atom. The summed E-state index contributed by atoms with van der Waals surface area (Å²) >= 11 is 5.51. The van der Waals surface area contributed by atoms with Crippen LogP contribution in [0.25, 0.3) is 0 Å². The molecule has 1 aliphatic rings. The quantitative estimate of drug-likeness (QED) is 0.872. The molecule has 1 aliphatic carbocycles. The van der Waals surface area contributed by atoms with Crippen molar-refractivity contribution in [2.45, 2.75) is 43.8 Å². The van der Waals surface area contributed by atoms with E-state index in [1.807, 2.05) is 18.0 Å². The Morgan fingerprint density at radius 3 is 2.72 bits per heavy atom. The lowest BCUT2D eigenvalue weighted by atomic mass is 9.88. The predicted molar refractivity (Wildman–Crippen MR) is 84.5 cm³/mol. The van der Waals surface area contributed by atoms with E-state index in [2.05, 4.69) is 45.5 Å². The normalized spacial score (nSPS) is 18.6. The minimum Gasteiger partial charge on any atom is -0.369 e. The van der Waals surface area contributed by atoms with Crippen molar-refractivity contribution in [3.05, 3.63) is 22.3 Å². The average Bonchev–Trinajstić information content (AvgIpc) is 2.41. The molecule has 1 fully saturated rings. The van der Waals surface area contributed by atoms with Crippen LogP contribution in [0, 0.1) is 6.92 Å². The van der Waals surface area contributed by atoms with Gasteiger partial charge in [0, 0.05) is 22.0 Å². The molecule has 1 saturated carbocycles. The summed E-state index contributed by atoms with van der Waals surface area (Å²) < 4.78 is 1.49. The SMILES string of the molecule is CSC1(CNc2cc(C)c(Br)cn2)CCCCC1. The molecule has 1 aromatic heterocycles. The minimum atomic E-state index is 0.418. The molecule has 2 nitrogen and oxygen atoms in total. The fraction of sp³-hybridized carbons (Fsp3) is 0.643. The van der Waals surface area contributed by atoms with E-state index in [1.54, 1.807) is 0 Å². The number of anilines is 1. The van der Waals surface area contributed by atoms with E-state index in [-0.39, 0.29) is 0 Å². The third-order valence-corrected chi connectivity index (χ3v) is 6.09. The molecular weight excluding hydrogens is 308 g/mol. The van der Waals surface area contributed by atoms with Crippen molar-refractivity contribution < 1.29 is 0 Å². The van der Waals surface area contributed by atoms with Crippen molar-refractivity contribution in [2.75, 3.05) is 18.1 Å². The van der Waals surface area contributed by atoms with Crippen molar-refractivity contribution in [1.29, 1.82) is 0 Å². The first-order valence-electron chi connectivity index (χ1n) is 6.56. The molecule has 1 aromatic rings. The summed E-state index contributed by atoms with van der Waals surface area (Å²) in [6.45, 7) is 3.13.